The zero-order valence-corrected chi connectivity index (χ0v) is 20.0. The molecule has 0 bridgehead atoms. The average Bonchev–Trinajstić information content (AvgIpc) is 3.58. The van der Waals surface area contributed by atoms with Crippen molar-refractivity contribution in [2.24, 2.45) is 4.36 Å². The highest BCUT2D eigenvalue weighted by molar-refractivity contribution is 7.93. The molecule has 1 aliphatic carbocycles. The van der Waals surface area contributed by atoms with Gasteiger partial charge in [0.25, 0.3) is 0 Å². The number of rotatable bonds is 4. The Morgan fingerprint density at radius 1 is 1.18 bits per heavy atom. The van der Waals surface area contributed by atoms with Gasteiger partial charge in [0.05, 0.1) is 38.0 Å². The molecule has 1 unspecified atom stereocenters. The minimum absolute atomic E-state index is 0.219. The second-order valence-corrected chi connectivity index (χ2v) is 11.9. The van der Waals surface area contributed by atoms with Crippen LogP contribution in [0.2, 0.25) is 0 Å². The van der Waals surface area contributed by atoms with Crippen LogP contribution in [0, 0.1) is 6.92 Å². The summed E-state index contributed by atoms with van der Waals surface area (Å²) >= 11 is 0. The van der Waals surface area contributed by atoms with Gasteiger partial charge in [0.15, 0.2) is 0 Å². The summed E-state index contributed by atoms with van der Waals surface area (Å²) in [6.45, 7) is 4.01. The summed E-state index contributed by atoms with van der Waals surface area (Å²) in [5, 5.41) is 7.31. The maximum absolute atomic E-state index is 14.4. The summed E-state index contributed by atoms with van der Waals surface area (Å²) < 4.78 is 33.1. The highest BCUT2D eigenvalue weighted by atomic mass is 32.2. The van der Waals surface area contributed by atoms with Gasteiger partial charge in [-0.3, -0.25) is 0 Å². The zero-order chi connectivity index (χ0) is 23.3. The van der Waals surface area contributed by atoms with Gasteiger partial charge in [-0.2, -0.15) is 4.98 Å². The monoisotopic (exact) mass is 480 g/mol. The molecule has 9 heteroatoms. The standard InChI is InChI=1S/C25H29FN6OS/c1-16-6-9-21-19(12-16)24(28-22-14-27-13-20(22)26)30-25(29-21)32-10-11-34(33,31-18-7-8-18)23-5-3-2-4-17(23)15-32/h2-6,9,12,18,20,22,27H,7-8,10-11,13-15H2,1H3,(H,28,29,30)/t20-,22+,34?/m0/s1. The Morgan fingerprint density at radius 3 is 2.82 bits per heavy atom. The third kappa shape index (κ3) is 4.11. The molecular formula is C25H29FN6OS. The van der Waals surface area contributed by atoms with Gasteiger partial charge in [-0.15, -0.1) is 0 Å². The fourth-order valence-electron chi connectivity index (χ4n) is 4.72. The molecule has 2 N–H and O–H groups in total. The van der Waals surface area contributed by atoms with Crippen molar-refractivity contribution >= 4 is 32.4 Å². The fraction of sp³-hybridized carbons (Fsp3) is 0.440. The molecule has 34 heavy (non-hydrogen) atoms. The van der Waals surface area contributed by atoms with E-state index in [0.29, 0.717) is 43.7 Å². The molecule has 0 amide bonds. The number of aryl methyl sites for hydroxylation is 1. The molecule has 0 radical (unpaired) electrons. The molecule has 3 aromatic rings. The Bertz CT molecular complexity index is 1370. The Morgan fingerprint density at radius 2 is 2.03 bits per heavy atom. The van der Waals surface area contributed by atoms with Gasteiger partial charge in [0.2, 0.25) is 5.95 Å². The van der Waals surface area contributed by atoms with Crippen LogP contribution in [0.15, 0.2) is 51.7 Å². The zero-order valence-electron chi connectivity index (χ0n) is 19.2. The maximum Gasteiger partial charge on any atom is 0.228 e. The fourth-order valence-corrected chi connectivity index (χ4v) is 7.15. The number of hydrogen-bond donors (Lipinski definition) is 2. The van der Waals surface area contributed by atoms with E-state index in [1.807, 2.05) is 49.4 Å². The first kappa shape index (κ1) is 21.7. The van der Waals surface area contributed by atoms with Gasteiger partial charge < -0.3 is 15.5 Å². The molecule has 1 aromatic heterocycles. The van der Waals surface area contributed by atoms with Crippen molar-refractivity contribution in [3.8, 4) is 0 Å². The van der Waals surface area contributed by atoms with Crippen LogP contribution in [-0.2, 0) is 16.3 Å². The molecule has 3 aliphatic rings. The van der Waals surface area contributed by atoms with E-state index in [0.717, 1.165) is 39.8 Å². The summed E-state index contributed by atoms with van der Waals surface area (Å²) in [6, 6.07) is 13.8. The predicted molar refractivity (Wildman–Crippen MR) is 134 cm³/mol. The van der Waals surface area contributed by atoms with Crippen LogP contribution in [0.4, 0.5) is 16.2 Å². The number of benzene rings is 2. The number of alkyl halides is 1. The van der Waals surface area contributed by atoms with Gasteiger partial charge in [-0.25, -0.2) is 17.9 Å². The van der Waals surface area contributed by atoms with Crippen LogP contribution in [0.25, 0.3) is 10.9 Å². The first-order valence-corrected chi connectivity index (χ1v) is 13.6. The molecule has 2 aromatic carbocycles. The second kappa shape index (κ2) is 8.46. The SMILES string of the molecule is Cc1ccc2nc(N3CCS(=O)(=NC4CC4)c4ccccc4C3)nc(N[C@@H]3CNC[C@@H]3F)c2c1. The van der Waals surface area contributed by atoms with Crippen molar-refractivity contribution in [2.75, 3.05) is 35.6 Å². The Kier molecular flexibility index (Phi) is 5.41. The Labute approximate surface area is 199 Å². The first-order valence-electron chi connectivity index (χ1n) is 11.9. The molecule has 2 fully saturated rings. The van der Waals surface area contributed by atoms with Crippen LogP contribution >= 0.6 is 0 Å². The lowest BCUT2D eigenvalue weighted by Crippen LogP contribution is -2.31. The highest BCUT2D eigenvalue weighted by Gasteiger charge is 2.31. The summed E-state index contributed by atoms with van der Waals surface area (Å²) in [5.74, 6) is 1.64. The maximum atomic E-state index is 14.4. The molecule has 1 saturated heterocycles. The lowest BCUT2D eigenvalue weighted by molar-refractivity contribution is 0.342. The van der Waals surface area contributed by atoms with Gasteiger partial charge in [0.1, 0.15) is 12.0 Å². The van der Waals surface area contributed by atoms with Crippen LogP contribution in [0.1, 0.15) is 24.0 Å². The second-order valence-electron chi connectivity index (χ2n) is 9.53. The lowest BCUT2D eigenvalue weighted by Gasteiger charge is -2.23. The van der Waals surface area contributed by atoms with Crippen molar-refractivity contribution in [3.05, 3.63) is 53.6 Å². The van der Waals surface area contributed by atoms with E-state index in [-0.39, 0.29) is 12.1 Å². The first-order chi connectivity index (χ1) is 16.5. The minimum atomic E-state index is -2.49. The minimum Gasteiger partial charge on any atom is -0.362 e. The van der Waals surface area contributed by atoms with Gasteiger partial charge in [-0.05, 0) is 43.5 Å². The van der Waals surface area contributed by atoms with Crippen LogP contribution in [-0.4, -0.2) is 57.8 Å². The molecule has 7 nitrogen and oxygen atoms in total. The number of anilines is 2. The van der Waals surface area contributed by atoms with Crippen LogP contribution in [0.5, 0.6) is 0 Å². The van der Waals surface area contributed by atoms with Crippen LogP contribution < -0.4 is 15.5 Å². The molecular weight excluding hydrogens is 451 g/mol. The van der Waals surface area contributed by atoms with E-state index < -0.39 is 15.9 Å². The van der Waals surface area contributed by atoms with Gasteiger partial charge >= 0.3 is 0 Å². The summed E-state index contributed by atoms with van der Waals surface area (Å²) in [5.41, 5.74) is 2.90. The Balaban J connectivity index is 1.41. The largest absolute Gasteiger partial charge is 0.362 e. The van der Waals surface area contributed by atoms with E-state index in [4.69, 9.17) is 14.3 Å². The van der Waals surface area contributed by atoms with Gasteiger partial charge in [-0.1, -0.05) is 29.8 Å². The number of aromatic nitrogens is 2. The van der Waals surface area contributed by atoms with Crippen LogP contribution in [0.3, 0.4) is 0 Å². The number of hydrogen-bond acceptors (Lipinski definition) is 7. The van der Waals surface area contributed by atoms with Crippen molar-refractivity contribution in [3.63, 3.8) is 0 Å². The number of halogens is 1. The third-order valence-corrected chi connectivity index (χ3v) is 9.23. The molecule has 178 valence electrons. The van der Waals surface area contributed by atoms with Gasteiger partial charge in [0, 0.05) is 31.6 Å². The van der Waals surface area contributed by atoms with Crippen molar-refractivity contribution in [1.29, 1.82) is 0 Å². The average molecular weight is 481 g/mol. The smallest absolute Gasteiger partial charge is 0.228 e. The normalized spacial score (nSPS) is 26.8. The van der Waals surface area contributed by atoms with E-state index >= 15 is 0 Å². The number of nitrogens with one attached hydrogen (secondary N) is 2. The predicted octanol–water partition coefficient (Wildman–Crippen LogP) is 3.67. The molecule has 2 aliphatic heterocycles. The summed E-state index contributed by atoms with van der Waals surface area (Å²) in [4.78, 5) is 12.7. The third-order valence-electron chi connectivity index (χ3n) is 6.77. The van der Waals surface area contributed by atoms with E-state index in [1.165, 1.54) is 0 Å². The van der Waals surface area contributed by atoms with Crippen molar-refractivity contribution in [1.82, 2.24) is 15.3 Å². The lowest BCUT2D eigenvalue weighted by atomic mass is 10.1. The van der Waals surface area contributed by atoms with Crippen molar-refractivity contribution < 1.29 is 8.60 Å². The molecule has 1 saturated carbocycles. The quantitative estimate of drug-likeness (QED) is 0.593. The number of fused-ring (bicyclic) bond motifs is 2. The number of nitrogens with zero attached hydrogens (tertiary/aromatic N) is 4. The molecule has 6 rings (SSSR count). The van der Waals surface area contributed by atoms with E-state index in [9.17, 15) is 8.60 Å². The summed E-state index contributed by atoms with van der Waals surface area (Å²) in [6.07, 6.45) is 1.07. The van der Waals surface area contributed by atoms with Crippen molar-refractivity contribution in [2.45, 2.75) is 49.5 Å². The molecule has 3 atom stereocenters. The topological polar surface area (TPSA) is 82.5 Å². The van der Waals surface area contributed by atoms with E-state index in [2.05, 4.69) is 15.5 Å². The van der Waals surface area contributed by atoms with E-state index in [1.54, 1.807) is 0 Å². The summed E-state index contributed by atoms with van der Waals surface area (Å²) in [7, 11) is -2.49. The molecule has 0 spiro atoms. The Hall–Kier alpha value is -2.78. The molecule has 3 heterocycles. The highest BCUT2D eigenvalue weighted by Crippen LogP contribution is 2.33.